The second-order valence-corrected chi connectivity index (χ2v) is 5.59. The lowest BCUT2D eigenvalue weighted by Gasteiger charge is -2.17. The monoisotopic (exact) mass is 349 g/mol. The summed E-state index contributed by atoms with van der Waals surface area (Å²) in [6, 6.07) is 8.92. The van der Waals surface area contributed by atoms with Crippen molar-refractivity contribution < 1.29 is 14.5 Å². The molecule has 0 aliphatic heterocycles. The number of nitro benzene ring substituents is 1. The lowest BCUT2D eigenvalue weighted by Crippen LogP contribution is -2.19. The van der Waals surface area contributed by atoms with Crippen LogP contribution in [0.25, 0.3) is 0 Å². The van der Waals surface area contributed by atoms with Crippen LogP contribution in [-0.2, 0) is 0 Å². The lowest BCUT2D eigenvalue weighted by atomic mass is 10.1. The number of hydrogen-bond donors (Lipinski definition) is 1. The third kappa shape index (κ3) is 3.75. The Morgan fingerprint density at radius 1 is 1.25 bits per heavy atom. The Labute approximate surface area is 143 Å². The fraction of sp³-hybridized carbons (Fsp3) is 0.188. The molecule has 0 heterocycles. The predicted octanol–water partition coefficient (Wildman–Crippen LogP) is 3.58. The fourth-order valence-corrected chi connectivity index (χ4v) is 2.35. The van der Waals surface area contributed by atoms with Crippen LogP contribution in [0.3, 0.4) is 0 Å². The minimum atomic E-state index is -0.545. The summed E-state index contributed by atoms with van der Waals surface area (Å²) >= 11 is 5.95. The van der Waals surface area contributed by atoms with E-state index in [1.165, 1.54) is 25.3 Å². The standard InChI is InChI=1S/C16H16ClN3O4/c1-19(2)14-6-5-11(20(22)23)9-12(14)16(21)18-13-8-10(17)4-7-15(13)24-3/h4-9H,1-3H3,(H,18,21). The second-order valence-electron chi connectivity index (χ2n) is 5.15. The molecular weight excluding hydrogens is 334 g/mol. The molecule has 0 bridgehead atoms. The molecule has 0 aliphatic carbocycles. The maximum Gasteiger partial charge on any atom is 0.270 e. The summed E-state index contributed by atoms with van der Waals surface area (Å²) in [7, 11) is 4.97. The Morgan fingerprint density at radius 2 is 1.96 bits per heavy atom. The number of methoxy groups -OCH3 is 1. The van der Waals surface area contributed by atoms with Gasteiger partial charge in [0.1, 0.15) is 5.75 Å². The first-order chi connectivity index (χ1) is 11.3. The fourth-order valence-electron chi connectivity index (χ4n) is 2.18. The van der Waals surface area contributed by atoms with Gasteiger partial charge in [-0.1, -0.05) is 11.6 Å². The van der Waals surface area contributed by atoms with Crippen LogP contribution in [-0.4, -0.2) is 32.0 Å². The molecule has 2 aromatic carbocycles. The molecule has 1 amide bonds. The Balaban J connectivity index is 2.44. The van der Waals surface area contributed by atoms with Gasteiger partial charge in [-0.05, 0) is 24.3 Å². The number of anilines is 2. The van der Waals surface area contributed by atoms with Gasteiger partial charge < -0.3 is 15.0 Å². The van der Waals surface area contributed by atoms with Crippen molar-refractivity contribution in [2.24, 2.45) is 0 Å². The molecule has 8 heteroatoms. The molecule has 0 unspecified atom stereocenters. The molecule has 0 fully saturated rings. The Bertz CT molecular complexity index is 793. The van der Waals surface area contributed by atoms with Gasteiger partial charge in [0.15, 0.2) is 0 Å². The number of nitrogens with zero attached hydrogens (tertiary/aromatic N) is 2. The lowest BCUT2D eigenvalue weighted by molar-refractivity contribution is -0.384. The molecule has 0 aromatic heterocycles. The predicted molar refractivity (Wildman–Crippen MR) is 93.4 cm³/mol. The highest BCUT2D eigenvalue weighted by atomic mass is 35.5. The van der Waals surface area contributed by atoms with Crippen molar-refractivity contribution in [1.82, 2.24) is 0 Å². The zero-order chi connectivity index (χ0) is 17.9. The number of carbonyl (C=O) groups excluding carboxylic acids is 1. The third-order valence-electron chi connectivity index (χ3n) is 3.33. The van der Waals surface area contributed by atoms with Crippen molar-refractivity contribution in [3.63, 3.8) is 0 Å². The smallest absolute Gasteiger partial charge is 0.270 e. The van der Waals surface area contributed by atoms with E-state index in [9.17, 15) is 14.9 Å². The molecule has 0 saturated carbocycles. The quantitative estimate of drug-likeness (QED) is 0.658. The molecule has 24 heavy (non-hydrogen) atoms. The van der Waals surface area contributed by atoms with Crippen molar-refractivity contribution in [2.45, 2.75) is 0 Å². The van der Waals surface area contributed by atoms with E-state index in [1.54, 1.807) is 37.2 Å². The molecule has 0 spiro atoms. The van der Waals surface area contributed by atoms with Gasteiger partial charge >= 0.3 is 0 Å². The average molecular weight is 350 g/mol. The highest BCUT2D eigenvalue weighted by Gasteiger charge is 2.19. The zero-order valence-electron chi connectivity index (χ0n) is 13.4. The van der Waals surface area contributed by atoms with Crippen molar-refractivity contribution in [3.05, 3.63) is 57.1 Å². The van der Waals surface area contributed by atoms with E-state index in [0.717, 1.165) is 0 Å². The van der Waals surface area contributed by atoms with E-state index < -0.39 is 10.8 Å². The number of benzene rings is 2. The summed E-state index contributed by atoms with van der Waals surface area (Å²) in [4.78, 5) is 24.8. The molecular formula is C16H16ClN3O4. The second kappa shape index (κ2) is 7.18. The summed E-state index contributed by atoms with van der Waals surface area (Å²) in [5.74, 6) is -0.0625. The molecule has 2 aromatic rings. The van der Waals surface area contributed by atoms with Crippen molar-refractivity contribution in [1.29, 1.82) is 0 Å². The molecule has 2 rings (SSSR count). The molecule has 126 valence electrons. The van der Waals surface area contributed by atoms with Crippen LogP contribution in [0.15, 0.2) is 36.4 Å². The SMILES string of the molecule is COc1ccc(Cl)cc1NC(=O)c1cc([N+](=O)[O-])ccc1N(C)C. The summed E-state index contributed by atoms with van der Waals surface area (Å²) in [6.45, 7) is 0. The number of non-ortho nitro benzene ring substituents is 1. The van der Waals surface area contributed by atoms with Crippen molar-refractivity contribution in [2.75, 3.05) is 31.4 Å². The summed E-state index contributed by atoms with van der Waals surface area (Å²) in [5, 5.41) is 14.1. The topological polar surface area (TPSA) is 84.7 Å². The van der Waals surface area contributed by atoms with Crippen LogP contribution >= 0.6 is 11.6 Å². The molecule has 0 aliphatic rings. The van der Waals surface area contributed by atoms with Gasteiger partial charge in [-0.3, -0.25) is 14.9 Å². The van der Waals surface area contributed by atoms with Crippen LogP contribution in [0.2, 0.25) is 5.02 Å². The highest BCUT2D eigenvalue weighted by molar-refractivity contribution is 6.31. The Kier molecular flexibility index (Phi) is 5.25. The third-order valence-corrected chi connectivity index (χ3v) is 3.56. The molecule has 0 saturated heterocycles. The Morgan fingerprint density at radius 3 is 2.54 bits per heavy atom. The largest absolute Gasteiger partial charge is 0.495 e. The van der Waals surface area contributed by atoms with Gasteiger partial charge in [0.05, 0.1) is 23.3 Å². The number of amides is 1. The van der Waals surface area contributed by atoms with Crippen molar-refractivity contribution in [3.8, 4) is 5.75 Å². The Hall–Kier alpha value is -2.80. The average Bonchev–Trinajstić information content (AvgIpc) is 2.54. The maximum absolute atomic E-state index is 12.6. The van der Waals surface area contributed by atoms with E-state index in [-0.39, 0.29) is 11.3 Å². The summed E-state index contributed by atoms with van der Waals surface area (Å²) in [5.41, 5.74) is 0.949. The number of nitrogens with one attached hydrogen (secondary N) is 1. The van der Waals surface area contributed by atoms with Crippen LogP contribution in [0.1, 0.15) is 10.4 Å². The van der Waals surface area contributed by atoms with Crippen LogP contribution in [0, 0.1) is 10.1 Å². The van der Waals surface area contributed by atoms with E-state index in [1.807, 2.05) is 0 Å². The van der Waals surface area contributed by atoms with Gasteiger partial charge in [-0.15, -0.1) is 0 Å². The molecule has 0 radical (unpaired) electrons. The molecule has 0 atom stereocenters. The number of nitro groups is 1. The van der Waals surface area contributed by atoms with E-state index in [4.69, 9.17) is 16.3 Å². The summed E-state index contributed by atoms with van der Waals surface area (Å²) in [6.07, 6.45) is 0. The number of halogens is 1. The first-order valence-electron chi connectivity index (χ1n) is 6.94. The zero-order valence-corrected chi connectivity index (χ0v) is 14.1. The number of carbonyl (C=O) groups is 1. The molecule has 7 nitrogen and oxygen atoms in total. The van der Waals surface area contributed by atoms with Gasteiger partial charge in [0.25, 0.3) is 11.6 Å². The van der Waals surface area contributed by atoms with Crippen LogP contribution in [0.4, 0.5) is 17.1 Å². The van der Waals surface area contributed by atoms with Gasteiger partial charge in [-0.25, -0.2) is 0 Å². The minimum Gasteiger partial charge on any atom is -0.495 e. The first kappa shape index (κ1) is 17.6. The van der Waals surface area contributed by atoms with Gasteiger partial charge in [0, 0.05) is 36.9 Å². The summed E-state index contributed by atoms with van der Waals surface area (Å²) < 4.78 is 5.18. The molecule has 1 N–H and O–H groups in total. The van der Waals surface area contributed by atoms with Gasteiger partial charge in [0.2, 0.25) is 0 Å². The van der Waals surface area contributed by atoms with Crippen LogP contribution in [0.5, 0.6) is 5.75 Å². The first-order valence-corrected chi connectivity index (χ1v) is 7.32. The van der Waals surface area contributed by atoms with E-state index in [2.05, 4.69) is 5.32 Å². The number of ether oxygens (including phenoxy) is 1. The normalized spacial score (nSPS) is 10.2. The van der Waals surface area contributed by atoms with Gasteiger partial charge in [-0.2, -0.15) is 0 Å². The van der Waals surface area contributed by atoms with E-state index >= 15 is 0 Å². The number of rotatable bonds is 5. The van der Waals surface area contributed by atoms with Crippen LogP contribution < -0.4 is 15.0 Å². The van der Waals surface area contributed by atoms with Crippen molar-refractivity contribution >= 4 is 34.6 Å². The number of hydrogen-bond acceptors (Lipinski definition) is 5. The highest BCUT2D eigenvalue weighted by Crippen LogP contribution is 2.30. The maximum atomic E-state index is 12.6. The minimum absolute atomic E-state index is 0.163. The van der Waals surface area contributed by atoms with E-state index in [0.29, 0.717) is 22.1 Å².